The quantitative estimate of drug-likeness (QED) is 0.733. The minimum atomic E-state index is 0.316. The van der Waals surface area contributed by atoms with Gasteiger partial charge in [-0.1, -0.05) is 6.42 Å². The van der Waals surface area contributed by atoms with Crippen LogP contribution in [-0.4, -0.2) is 22.1 Å². The lowest BCUT2D eigenvalue weighted by Gasteiger charge is -2.11. The summed E-state index contributed by atoms with van der Waals surface area (Å²) in [7, 11) is 0. The molecule has 2 unspecified atom stereocenters. The van der Waals surface area contributed by atoms with Crippen LogP contribution >= 0.6 is 0 Å². The summed E-state index contributed by atoms with van der Waals surface area (Å²) in [6.07, 6.45) is 8.78. The molecule has 2 aliphatic rings. The lowest BCUT2D eigenvalue weighted by molar-refractivity contribution is 0.708. The zero-order chi connectivity index (χ0) is 11.0. The Kier molecular flexibility index (Phi) is 2.52. The first-order valence-corrected chi connectivity index (χ1v) is 6.19. The summed E-state index contributed by atoms with van der Waals surface area (Å²) < 4.78 is 0. The van der Waals surface area contributed by atoms with Gasteiger partial charge in [0.2, 0.25) is 0 Å². The van der Waals surface area contributed by atoms with Crippen molar-refractivity contribution in [2.45, 2.75) is 50.6 Å². The maximum Gasteiger partial charge on any atom is 0.133 e. The lowest BCUT2D eigenvalue weighted by Crippen LogP contribution is -2.16. The third-order valence-corrected chi connectivity index (χ3v) is 3.54. The van der Waals surface area contributed by atoms with E-state index in [-0.39, 0.29) is 0 Å². The van der Waals surface area contributed by atoms with E-state index in [1.54, 1.807) is 6.33 Å². The fraction of sp³-hybridized carbons (Fsp3) is 0.667. The number of aryl methyl sites for hydroxylation is 1. The molecule has 0 aromatic carbocycles. The Morgan fingerprint density at radius 2 is 2.00 bits per heavy atom. The summed E-state index contributed by atoms with van der Waals surface area (Å²) in [5, 5.41) is 3.45. The Morgan fingerprint density at radius 1 is 1.19 bits per heavy atom. The van der Waals surface area contributed by atoms with Crippen molar-refractivity contribution in [1.82, 2.24) is 9.97 Å². The molecule has 1 aromatic heterocycles. The highest BCUT2D eigenvalue weighted by atomic mass is 15.1. The number of fused-ring (bicyclic) bond motifs is 1. The molecule has 0 radical (unpaired) electrons. The van der Waals surface area contributed by atoms with Crippen LogP contribution in [0.1, 0.15) is 36.9 Å². The molecule has 2 atom stereocenters. The number of hydrogen-bond donors (Lipinski definition) is 2. The minimum Gasteiger partial charge on any atom is -0.365 e. The van der Waals surface area contributed by atoms with Gasteiger partial charge in [0.05, 0.1) is 0 Å². The monoisotopic (exact) mass is 218 g/mol. The predicted octanol–water partition coefficient (Wildman–Crippen LogP) is 1.26. The molecule has 0 saturated heterocycles. The van der Waals surface area contributed by atoms with E-state index in [2.05, 4.69) is 15.3 Å². The van der Waals surface area contributed by atoms with E-state index in [9.17, 15) is 0 Å². The van der Waals surface area contributed by atoms with Gasteiger partial charge in [0.15, 0.2) is 0 Å². The van der Waals surface area contributed by atoms with Gasteiger partial charge in [-0.25, -0.2) is 9.97 Å². The third kappa shape index (κ3) is 1.89. The Labute approximate surface area is 95.7 Å². The first kappa shape index (κ1) is 10.0. The lowest BCUT2D eigenvalue weighted by atomic mass is 10.1. The molecule has 1 fully saturated rings. The summed E-state index contributed by atoms with van der Waals surface area (Å²) in [4.78, 5) is 8.77. The molecule has 4 nitrogen and oxygen atoms in total. The molecule has 16 heavy (non-hydrogen) atoms. The smallest absolute Gasteiger partial charge is 0.133 e. The van der Waals surface area contributed by atoms with Crippen LogP contribution in [0.5, 0.6) is 0 Å². The zero-order valence-electron chi connectivity index (χ0n) is 9.45. The molecule has 1 aromatic rings. The molecule has 1 heterocycles. The second-order valence-electron chi connectivity index (χ2n) is 4.86. The van der Waals surface area contributed by atoms with Gasteiger partial charge >= 0.3 is 0 Å². The van der Waals surface area contributed by atoms with E-state index in [0.29, 0.717) is 12.1 Å². The van der Waals surface area contributed by atoms with Gasteiger partial charge in [-0.15, -0.1) is 0 Å². The number of hydrogen-bond acceptors (Lipinski definition) is 4. The average Bonchev–Trinajstić information content (AvgIpc) is 3.01. The fourth-order valence-corrected chi connectivity index (χ4v) is 2.38. The highest BCUT2D eigenvalue weighted by Gasteiger charge is 2.34. The van der Waals surface area contributed by atoms with Gasteiger partial charge in [-0.2, -0.15) is 0 Å². The SMILES string of the molecule is NC1CC1Nc1ncnc2c1CCCCC2. The molecule has 3 rings (SSSR count). The van der Waals surface area contributed by atoms with Crippen molar-refractivity contribution in [3.63, 3.8) is 0 Å². The average molecular weight is 218 g/mol. The van der Waals surface area contributed by atoms with Crippen molar-refractivity contribution in [3.8, 4) is 0 Å². The summed E-state index contributed by atoms with van der Waals surface area (Å²) in [6.45, 7) is 0. The molecule has 86 valence electrons. The van der Waals surface area contributed by atoms with Gasteiger partial charge in [-0.05, 0) is 32.1 Å². The molecular formula is C12H18N4. The number of anilines is 1. The van der Waals surface area contributed by atoms with Crippen molar-refractivity contribution in [2.24, 2.45) is 5.73 Å². The van der Waals surface area contributed by atoms with Crippen molar-refractivity contribution in [2.75, 3.05) is 5.32 Å². The van der Waals surface area contributed by atoms with E-state index in [4.69, 9.17) is 5.73 Å². The second-order valence-corrected chi connectivity index (χ2v) is 4.86. The Hall–Kier alpha value is -1.16. The number of rotatable bonds is 2. The first-order valence-electron chi connectivity index (χ1n) is 6.19. The van der Waals surface area contributed by atoms with Crippen LogP contribution in [0.4, 0.5) is 5.82 Å². The maximum absolute atomic E-state index is 5.82. The number of nitrogens with two attached hydrogens (primary N) is 1. The normalized spacial score (nSPS) is 28.1. The van der Waals surface area contributed by atoms with Crippen molar-refractivity contribution in [1.29, 1.82) is 0 Å². The fourth-order valence-electron chi connectivity index (χ4n) is 2.38. The molecule has 3 N–H and O–H groups in total. The van der Waals surface area contributed by atoms with Gasteiger partial charge in [0, 0.05) is 23.3 Å². The number of nitrogens with one attached hydrogen (secondary N) is 1. The molecule has 4 heteroatoms. The number of aromatic nitrogens is 2. The second kappa shape index (κ2) is 4.01. The van der Waals surface area contributed by atoms with Crippen LogP contribution < -0.4 is 11.1 Å². The highest BCUT2D eigenvalue weighted by Crippen LogP contribution is 2.28. The molecular weight excluding hydrogens is 200 g/mol. The molecule has 2 aliphatic carbocycles. The van der Waals surface area contributed by atoms with Gasteiger partial charge in [0.1, 0.15) is 12.1 Å². The predicted molar refractivity (Wildman–Crippen MR) is 63.3 cm³/mol. The zero-order valence-corrected chi connectivity index (χ0v) is 9.45. The summed E-state index contributed by atoms with van der Waals surface area (Å²) in [6, 6.07) is 0.749. The summed E-state index contributed by atoms with van der Waals surface area (Å²) in [5.41, 5.74) is 8.39. The van der Waals surface area contributed by atoms with Crippen LogP contribution in [0.2, 0.25) is 0 Å². The summed E-state index contributed by atoms with van der Waals surface area (Å²) >= 11 is 0. The van der Waals surface area contributed by atoms with Gasteiger partial charge in [0.25, 0.3) is 0 Å². The Bertz CT molecular complexity index is 391. The first-order chi connectivity index (χ1) is 7.84. The van der Waals surface area contributed by atoms with Crippen molar-refractivity contribution in [3.05, 3.63) is 17.6 Å². The van der Waals surface area contributed by atoms with Crippen molar-refractivity contribution >= 4 is 5.82 Å². The van der Waals surface area contributed by atoms with Crippen LogP contribution in [0.15, 0.2) is 6.33 Å². The third-order valence-electron chi connectivity index (χ3n) is 3.54. The Morgan fingerprint density at radius 3 is 2.81 bits per heavy atom. The van der Waals surface area contributed by atoms with Crippen LogP contribution in [-0.2, 0) is 12.8 Å². The molecule has 0 bridgehead atoms. The molecule has 0 amide bonds. The minimum absolute atomic E-state index is 0.316. The van der Waals surface area contributed by atoms with E-state index >= 15 is 0 Å². The molecule has 0 aliphatic heterocycles. The van der Waals surface area contributed by atoms with E-state index in [1.165, 1.54) is 30.5 Å². The van der Waals surface area contributed by atoms with Crippen LogP contribution in [0, 0.1) is 0 Å². The van der Waals surface area contributed by atoms with E-state index < -0.39 is 0 Å². The highest BCUT2D eigenvalue weighted by molar-refractivity contribution is 5.48. The largest absolute Gasteiger partial charge is 0.365 e. The topological polar surface area (TPSA) is 63.8 Å². The van der Waals surface area contributed by atoms with Crippen LogP contribution in [0.3, 0.4) is 0 Å². The van der Waals surface area contributed by atoms with E-state index in [1.807, 2.05) is 0 Å². The van der Waals surface area contributed by atoms with Gasteiger partial charge < -0.3 is 11.1 Å². The van der Waals surface area contributed by atoms with Gasteiger partial charge in [-0.3, -0.25) is 0 Å². The van der Waals surface area contributed by atoms with Crippen molar-refractivity contribution < 1.29 is 0 Å². The summed E-state index contributed by atoms with van der Waals surface area (Å²) in [5.74, 6) is 1.03. The number of nitrogens with zero attached hydrogens (tertiary/aromatic N) is 2. The Balaban J connectivity index is 1.86. The van der Waals surface area contributed by atoms with Crippen LogP contribution in [0.25, 0.3) is 0 Å². The van der Waals surface area contributed by atoms with E-state index in [0.717, 1.165) is 25.1 Å². The standard InChI is InChI=1S/C12H18N4/c13-9-6-11(9)16-12-8-4-2-1-3-5-10(8)14-7-15-12/h7,9,11H,1-6,13H2,(H,14,15,16). The maximum atomic E-state index is 5.82. The molecule has 1 saturated carbocycles. The molecule has 0 spiro atoms.